The van der Waals surface area contributed by atoms with Gasteiger partial charge in [0.05, 0.1) is 18.0 Å². The van der Waals surface area contributed by atoms with Crippen molar-refractivity contribution in [1.82, 2.24) is 0 Å². The van der Waals surface area contributed by atoms with E-state index in [0.29, 0.717) is 17.8 Å². The quantitative estimate of drug-likeness (QED) is 0.174. The predicted octanol–water partition coefficient (Wildman–Crippen LogP) is 7.07. The Morgan fingerprint density at radius 1 is 1.03 bits per heavy atom. The summed E-state index contributed by atoms with van der Waals surface area (Å²) in [6.07, 6.45) is 9.23. The molecule has 1 aliphatic heterocycles. The highest BCUT2D eigenvalue weighted by molar-refractivity contribution is 6.49. The molecular formula is C30H58O4Si2. The van der Waals surface area contributed by atoms with Gasteiger partial charge in [-0.1, -0.05) is 68.2 Å². The first-order chi connectivity index (χ1) is 16.5. The van der Waals surface area contributed by atoms with Crippen LogP contribution < -0.4 is 0 Å². The molecule has 0 amide bonds. The monoisotopic (exact) mass is 538 g/mol. The SMILES string of the molecule is CCCCC(C)(CC=C(O[SiH](C)C)[C@H]1[C@H](C(C)(C)C)C[C@@]2(O[SiH](C)C)C3OC3(CO)C[C@@H]12)C(C)(C)C. The van der Waals surface area contributed by atoms with Crippen LogP contribution in [-0.2, 0) is 13.6 Å². The summed E-state index contributed by atoms with van der Waals surface area (Å²) < 4.78 is 20.2. The maximum atomic E-state index is 10.3. The Hall–Kier alpha value is -0.146. The second-order valence-electron chi connectivity index (χ2n) is 15.2. The van der Waals surface area contributed by atoms with Crippen molar-refractivity contribution in [1.29, 1.82) is 0 Å². The Morgan fingerprint density at radius 3 is 2.14 bits per heavy atom. The Morgan fingerprint density at radius 2 is 1.67 bits per heavy atom. The summed E-state index contributed by atoms with van der Waals surface area (Å²) in [5.74, 6) is 2.37. The second kappa shape index (κ2) is 10.4. The van der Waals surface area contributed by atoms with E-state index >= 15 is 0 Å². The van der Waals surface area contributed by atoms with Gasteiger partial charge in [-0.05, 0) is 80.1 Å². The van der Waals surface area contributed by atoms with E-state index in [1.165, 1.54) is 25.0 Å². The van der Waals surface area contributed by atoms with E-state index in [2.05, 4.69) is 87.7 Å². The third-order valence-corrected chi connectivity index (χ3v) is 11.7. The summed E-state index contributed by atoms with van der Waals surface area (Å²) in [5.41, 5.74) is -0.0916. The van der Waals surface area contributed by atoms with Gasteiger partial charge in [0.2, 0.25) is 9.04 Å². The molecule has 2 aliphatic carbocycles. The van der Waals surface area contributed by atoms with Gasteiger partial charge in [-0.2, -0.15) is 0 Å². The van der Waals surface area contributed by atoms with Crippen molar-refractivity contribution in [3.05, 3.63) is 11.8 Å². The Labute approximate surface area is 226 Å². The van der Waals surface area contributed by atoms with Crippen LogP contribution in [0.4, 0.5) is 0 Å². The smallest absolute Gasteiger partial charge is 0.229 e. The zero-order valence-corrected chi connectivity index (χ0v) is 28.0. The fourth-order valence-corrected chi connectivity index (χ4v) is 9.42. The molecular weight excluding hydrogens is 480 g/mol. The molecule has 36 heavy (non-hydrogen) atoms. The molecule has 3 aliphatic rings. The van der Waals surface area contributed by atoms with E-state index in [9.17, 15) is 5.11 Å². The predicted molar refractivity (Wildman–Crippen MR) is 156 cm³/mol. The van der Waals surface area contributed by atoms with Crippen LogP contribution in [0.5, 0.6) is 0 Å². The first kappa shape index (κ1) is 30.4. The molecule has 3 fully saturated rings. The lowest BCUT2D eigenvalue weighted by atomic mass is 9.63. The molecule has 1 saturated heterocycles. The first-order valence-electron chi connectivity index (χ1n) is 14.8. The molecule has 0 bridgehead atoms. The van der Waals surface area contributed by atoms with Crippen molar-refractivity contribution in [3.63, 3.8) is 0 Å². The van der Waals surface area contributed by atoms with Crippen LogP contribution >= 0.6 is 0 Å². The van der Waals surface area contributed by atoms with E-state index in [0.717, 1.165) is 19.3 Å². The number of aliphatic hydroxyl groups excluding tert-OH is 1. The van der Waals surface area contributed by atoms with Gasteiger partial charge in [-0.15, -0.1) is 0 Å². The van der Waals surface area contributed by atoms with E-state index in [4.69, 9.17) is 13.6 Å². The van der Waals surface area contributed by atoms with Gasteiger partial charge in [0.15, 0.2) is 9.04 Å². The van der Waals surface area contributed by atoms with Crippen LogP contribution in [0.2, 0.25) is 26.2 Å². The van der Waals surface area contributed by atoms with Crippen molar-refractivity contribution in [2.75, 3.05) is 6.61 Å². The van der Waals surface area contributed by atoms with Crippen molar-refractivity contribution < 1.29 is 18.7 Å². The highest BCUT2D eigenvalue weighted by Crippen LogP contribution is 2.70. The lowest BCUT2D eigenvalue weighted by molar-refractivity contribution is -0.0171. The van der Waals surface area contributed by atoms with Gasteiger partial charge < -0.3 is 18.7 Å². The van der Waals surface area contributed by atoms with Crippen LogP contribution in [-0.4, -0.2) is 47.1 Å². The maximum Gasteiger partial charge on any atom is 0.229 e. The topological polar surface area (TPSA) is 51.2 Å². The average Bonchev–Trinajstić information content (AvgIpc) is 3.28. The molecule has 7 atom stereocenters. The molecule has 4 nitrogen and oxygen atoms in total. The number of fused-ring (bicyclic) bond motifs is 3. The molecule has 1 heterocycles. The number of unbranched alkanes of at least 4 members (excludes halogenated alkanes) is 1. The molecule has 0 aromatic carbocycles. The second-order valence-corrected chi connectivity index (χ2v) is 19.9. The van der Waals surface area contributed by atoms with Crippen molar-refractivity contribution in [2.45, 2.75) is 137 Å². The van der Waals surface area contributed by atoms with Gasteiger partial charge in [0.1, 0.15) is 11.7 Å². The largest absolute Gasteiger partial charge is 0.550 e. The molecule has 0 radical (unpaired) electrons. The average molecular weight is 539 g/mol. The first-order valence-corrected chi connectivity index (χ1v) is 20.4. The van der Waals surface area contributed by atoms with Crippen molar-refractivity contribution >= 4 is 18.1 Å². The van der Waals surface area contributed by atoms with Crippen molar-refractivity contribution in [2.24, 2.45) is 34.0 Å². The fraction of sp³-hybridized carbons (Fsp3) is 0.933. The van der Waals surface area contributed by atoms with Crippen LogP contribution in [0.3, 0.4) is 0 Å². The lowest BCUT2D eigenvalue weighted by Gasteiger charge is -2.43. The zero-order chi connectivity index (χ0) is 27.3. The molecule has 210 valence electrons. The maximum absolute atomic E-state index is 10.3. The summed E-state index contributed by atoms with van der Waals surface area (Å²) in [7, 11) is -2.64. The number of hydrogen-bond donors (Lipinski definition) is 1. The van der Waals surface area contributed by atoms with Gasteiger partial charge in [0, 0.05) is 11.8 Å². The minimum atomic E-state index is -1.32. The van der Waals surface area contributed by atoms with Gasteiger partial charge >= 0.3 is 0 Å². The molecule has 0 aromatic heterocycles. The molecule has 3 rings (SSSR count). The van der Waals surface area contributed by atoms with Gasteiger partial charge in [-0.25, -0.2) is 0 Å². The number of hydrogen-bond acceptors (Lipinski definition) is 4. The number of rotatable bonds is 11. The summed E-state index contributed by atoms with van der Waals surface area (Å²) in [6, 6.07) is 0. The molecule has 2 saturated carbocycles. The van der Waals surface area contributed by atoms with Crippen LogP contribution in [0.25, 0.3) is 0 Å². The third kappa shape index (κ3) is 5.59. The van der Waals surface area contributed by atoms with E-state index in [1.54, 1.807) is 0 Å². The molecule has 6 heteroatoms. The van der Waals surface area contributed by atoms with Crippen LogP contribution in [0.1, 0.15) is 93.9 Å². The van der Waals surface area contributed by atoms with Crippen LogP contribution in [0.15, 0.2) is 11.8 Å². The minimum Gasteiger partial charge on any atom is -0.550 e. The summed E-state index contributed by atoms with van der Waals surface area (Å²) in [5, 5.41) is 10.3. The van der Waals surface area contributed by atoms with Gasteiger partial charge in [-0.3, -0.25) is 0 Å². The summed E-state index contributed by atoms with van der Waals surface area (Å²) in [4.78, 5) is 0. The molecule has 0 spiro atoms. The van der Waals surface area contributed by atoms with E-state index in [1.807, 2.05) is 0 Å². The molecule has 1 N–H and O–H groups in total. The minimum absolute atomic E-state index is 0.0340. The van der Waals surface area contributed by atoms with Crippen LogP contribution in [0, 0.1) is 34.0 Å². The Kier molecular flexibility index (Phi) is 8.82. The van der Waals surface area contributed by atoms with E-state index in [-0.39, 0.29) is 34.6 Å². The molecule has 0 aromatic rings. The highest BCUT2D eigenvalue weighted by Gasteiger charge is 2.79. The molecule has 3 unspecified atom stereocenters. The number of ether oxygens (including phenoxy) is 1. The zero-order valence-electron chi connectivity index (χ0n) is 25.7. The fourth-order valence-electron chi connectivity index (χ4n) is 7.35. The number of epoxide rings is 1. The standard InChI is InChI=1S/C30H58O4Si2/c1-13-14-16-28(8,27(5,6)7)17-15-23(33-35(9)10)24-21(26(2,3)4)19-30(34-36(11)12)22(24)18-29(20-31)25(30)32-29/h15,21-22,24-25,31,35-36H,13-14,16-20H2,1-12H3/t21-,22+,24+,25?,28?,29?,30+/m1/s1. The highest BCUT2D eigenvalue weighted by atomic mass is 28.3. The summed E-state index contributed by atoms with van der Waals surface area (Å²) >= 11 is 0. The number of allylic oxidation sites excluding steroid dienone is 2. The van der Waals surface area contributed by atoms with Gasteiger partial charge in [0.25, 0.3) is 0 Å². The van der Waals surface area contributed by atoms with E-state index < -0.39 is 23.7 Å². The Bertz CT molecular complexity index is 798. The normalized spacial score (nSPS) is 36.2. The number of aliphatic hydroxyl groups is 1. The third-order valence-electron chi connectivity index (χ3n) is 10.00. The lowest BCUT2D eigenvalue weighted by Crippen LogP contribution is -2.44. The van der Waals surface area contributed by atoms with Crippen molar-refractivity contribution in [3.8, 4) is 0 Å². The Balaban J connectivity index is 2.07. The summed E-state index contributed by atoms with van der Waals surface area (Å²) in [6.45, 7) is 28.4.